The van der Waals surface area contributed by atoms with E-state index >= 15 is 0 Å². The van der Waals surface area contributed by atoms with Crippen LogP contribution < -0.4 is 16.0 Å². The van der Waals surface area contributed by atoms with E-state index in [1.165, 1.54) is 16.9 Å². The Morgan fingerprint density at radius 3 is 3.00 bits per heavy atom. The van der Waals surface area contributed by atoms with Crippen molar-refractivity contribution in [2.24, 2.45) is 5.73 Å². The zero-order valence-corrected chi connectivity index (χ0v) is 9.30. The van der Waals surface area contributed by atoms with Crippen molar-refractivity contribution in [3.8, 4) is 5.75 Å². The van der Waals surface area contributed by atoms with Crippen LogP contribution in [0.4, 0.5) is 0 Å². The van der Waals surface area contributed by atoms with Crippen molar-refractivity contribution < 1.29 is 9.84 Å². The lowest BCUT2D eigenvalue weighted by atomic mass is 10.4. The van der Waals surface area contributed by atoms with Crippen molar-refractivity contribution in [2.75, 3.05) is 13.2 Å². The number of ether oxygens (including phenoxy) is 1. The van der Waals surface area contributed by atoms with Gasteiger partial charge in [0.25, 0.3) is 5.56 Å². The largest absolute Gasteiger partial charge is 0.490 e. The smallest absolute Gasteiger partial charge is 0.270 e. The molecule has 16 heavy (non-hydrogen) atoms. The van der Waals surface area contributed by atoms with Crippen LogP contribution in [0.3, 0.4) is 0 Å². The molecule has 6 heteroatoms. The summed E-state index contributed by atoms with van der Waals surface area (Å²) in [4.78, 5) is 11.5. The molecular formula is C10H17N3O3. The lowest BCUT2D eigenvalue weighted by molar-refractivity contribution is 0.273. The van der Waals surface area contributed by atoms with Crippen LogP contribution >= 0.6 is 0 Å². The molecule has 1 unspecified atom stereocenters. The predicted octanol–water partition coefficient (Wildman–Crippen LogP) is -0.648. The maximum absolute atomic E-state index is 11.5. The summed E-state index contributed by atoms with van der Waals surface area (Å²) in [6.45, 7) is 2.61. The second-order valence-corrected chi connectivity index (χ2v) is 3.62. The number of nitrogens with zero attached hydrogens (tertiary/aromatic N) is 2. The van der Waals surface area contributed by atoms with Crippen molar-refractivity contribution >= 4 is 0 Å². The fraction of sp³-hybridized carbons (Fsp3) is 0.600. The zero-order valence-electron chi connectivity index (χ0n) is 9.30. The van der Waals surface area contributed by atoms with E-state index in [2.05, 4.69) is 5.10 Å². The van der Waals surface area contributed by atoms with Gasteiger partial charge in [0.2, 0.25) is 0 Å². The van der Waals surface area contributed by atoms with Gasteiger partial charge in [-0.2, -0.15) is 5.10 Å². The third-order valence-corrected chi connectivity index (χ3v) is 1.89. The summed E-state index contributed by atoms with van der Waals surface area (Å²) in [5.74, 6) is 0.419. The molecule has 0 aliphatic rings. The minimum atomic E-state index is -0.240. The van der Waals surface area contributed by atoms with Gasteiger partial charge in [-0.15, -0.1) is 0 Å². The van der Waals surface area contributed by atoms with Crippen LogP contribution in [0, 0.1) is 0 Å². The van der Waals surface area contributed by atoms with Gasteiger partial charge >= 0.3 is 0 Å². The predicted molar refractivity (Wildman–Crippen MR) is 59.3 cm³/mol. The Kier molecular flexibility index (Phi) is 4.94. The van der Waals surface area contributed by atoms with Crippen LogP contribution in [0.25, 0.3) is 0 Å². The highest BCUT2D eigenvalue weighted by Gasteiger charge is 2.02. The first kappa shape index (κ1) is 12.7. The van der Waals surface area contributed by atoms with Crippen molar-refractivity contribution in [1.82, 2.24) is 9.78 Å². The highest BCUT2D eigenvalue weighted by Crippen LogP contribution is 2.03. The van der Waals surface area contributed by atoms with E-state index in [1.54, 1.807) is 0 Å². The Hall–Kier alpha value is -1.40. The topological polar surface area (TPSA) is 90.4 Å². The van der Waals surface area contributed by atoms with Crippen LogP contribution in [0.5, 0.6) is 5.75 Å². The fourth-order valence-electron chi connectivity index (χ4n) is 1.11. The Balaban J connectivity index is 2.63. The molecule has 0 aromatic carbocycles. The Labute approximate surface area is 93.6 Å². The highest BCUT2D eigenvalue weighted by molar-refractivity contribution is 5.13. The van der Waals surface area contributed by atoms with E-state index in [-0.39, 0.29) is 18.2 Å². The van der Waals surface area contributed by atoms with Gasteiger partial charge in [-0.05, 0) is 13.3 Å². The molecule has 90 valence electrons. The molecule has 0 saturated heterocycles. The molecule has 1 aromatic rings. The lowest BCUT2D eigenvalue weighted by Gasteiger charge is -2.09. The molecule has 0 amide bonds. The van der Waals surface area contributed by atoms with Crippen LogP contribution in [0.2, 0.25) is 0 Å². The molecule has 0 bridgehead atoms. The lowest BCUT2D eigenvalue weighted by Crippen LogP contribution is -2.26. The van der Waals surface area contributed by atoms with Crippen LogP contribution in [-0.4, -0.2) is 34.1 Å². The Morgan fingerprint density at radius 2 is 2.44 bits per heavy atom. The number of aliphatic hydroxyl groups excluding tert-OH is 1. The maximum Gasteiger partial charge on any atom is 0.270 e. The number of hydrogen-bond donors (Lipinski definition) is 2. The Bertz CT molecular complexity index is 376. The van der Waals surface area contributed by atoms with Gasteiger partial charge in [-0.25, -0.2) is 4.68 Å². The maximum atomic E-state index is 11.5. The number of aliphatic hydroxyl groups is 1. The minimum Gasteiger partial charge on any atom is -0.490 e. The molecule has 6 nitrogen and oxygen atoms in total. The fourth-order valence-corrected chi connectivity index (χ4v) is 1.11. The summed E-state index contributed by atoms with van der Waals surface area (Å²) >= 11 is 0. The second kappa shape index (κ2) is 6.24. The molecule has 1 heterocycles. The quantitative estimate of drug-likeness (QED) is 0.674. The molecule has 3 N–H and O–H groups in total. The minimum absolute atomic E-state index is 0.0387. The van der Waals surface area contributed by atoms with E-state index in [9.17, 15) is 4.79 Å². The molecule has 1 rings (SSSR count). The third kappa shape index (κ3) is 4.00. The van der Waals surface area contributed by atoms with Gasteiger partial charge in [0.1, 0.15) is 12.4 Å². The molecule has 0 aliphatic carbocycles. The number of rotatable bonds is 6. The monoisotopic (exact) mass is 227 g/mol. The van der Waals surface area contributed by atoms with Crippen LogP contribution in [0.15, 0.2) is 17.1 Å². The molecule has 0 aliphatic heterocycles. The summed E-state index contributed by atoms with van der Waals surface area (Å²) in [6, 6.07) is 1.28. The van der Waals surface area contributed by atoms with Gasteiger partial charge in [0.15, 0.2) is 0 Å². The van der Waals surface area contributed by atoms with E-state index in [1.807, 2.05) is 6.92 Å². The molecule has 1 atom stereocenters. The van der Waals surface area contributed by atoms with Crippen molar-refractivity contribution in [2.45, 2.75) is 25.9 Å². The van der Waals surface area contributed by atoms with Gasteiger partial charge in [0, 0.05) is 25.3 Å². The number of hydrogen-bond acceptors (Lipinski definition) is 5. The van der Waals surface area contributed by atoms with Gasteiger partial charge in [-0.3, -0.25) is 4.79 Å². The third-order valence-electron chi connectivity index (χ3n) is 1.89. The van der Waals surface area contributed by atoms with Crippen molar-refractivity contribution in [3.63, 3.8) is 0 Å². The van der Waals surface area contributed by atoms with E-state index in [0.717, 1.165) is 0 Å². The number of aryl methyl sites for hydroxylation is 1. The molecule has 0 fully saturated rings. The summed E-state index contributed by atoms with van der Waals surface area (Å²) in [5.41, 5.74) is 5.28. The van der Waals surface area contributed by atoms with E-state index < -0.39 is 0 Å². The molecule has 0 saturated carbocycles. The van der Waals surface area contributed by atoms with Crippen LogP contribution in [-0.2, 0) is 6.54 Å². The first-order valence-electron chi connectivity index (χ1n) is 5.20. The molecule has 0 spiro atoms. The SMILES string of the molecule is CC(N)COc1cnn(CCCO)c(=O)c1. The summed E-state index contributed by atoms with van der Waals surface area (Å²) in [5, 5.41) is 12.6. The summed E-state index contributed by atoms with van der Waals surface area (Å²) < 4.78 is 6.54. The summed E-state index contributed by atoms with van der Waals surface area (Å²) in [7, 11) is 0. The van der Waals surface area contributed by atoms with E-state index in [0.29, 0.717) is 25.3 Å². The first-order chi connectivity index (χ1) is 7.63. The number of nitrogens with two attached hydrogens (primary N) is 1. The zero-order chi connectivity index (χ0) is 12.0. The molecular weight excluding hydrogens is 210 g/mol. The first-order valence-corrected chi connectivity index (χ1v) is 5.20. The normalized spacial score (nSPS) is 12.4. The average Bonchev–Trinajstić information content (AvgIpc) is 2.25. The van der Waals surface area contributed by atoms with Gasteiger partial charge in [-0.1, -0.05) is 0 Å². The van der Waals surface area contributed by atoms with Gasteiger partial charge < -0.3 is 15.6 Å². The molecule has 0 radical (unpaired) electrons. The standard InChI is InChI=1S/C10H17N3O3/c1-8(11)7-16-9-5-10(15)13(12-6-9)3-2-4-14/h5-6,8,14H,2-4,7,11H2,1H3. The van der Waals surface area contributed by atoms with E-state index in [4.69, 9.17) is 15.6 Å². The average molecular weight is 227 g/mol. The van der Waals surface area contributed by atoms with Gasteiger partial charge in [0.05, 0.1) is 6.20 Å². The second-order valence-electron chi connectivity index (χ2n) is 3.62. The number of aromatic nitrogens is 2. The van der Waals surface area contributed by atoms with Crippen molar-refractivity contribution in [1.29, 1.82) is 0 Å². The summed E-state index contributed by atoms with van der Waals surface area (Å²) in [6.07, 6.45) is 1.98. The molecule has 1 aromatic heterocycles. The van der Waals surface area contributed by atoms with Crippen LogP contribution in [0.1, 0.15) is 13.3 Å². The Morgan fingerprint density at radius 1 is 1.69 bits per heavy atom. The van der Waals surface area contributed by atoms with Crippen molar-refractivity contribution in [3.05, 3.63) is 22.6 Å². The highest BCUT2D eigenvalue weighted by atomic mass is 16.5.